The Kier molecular flexibility index (Phi) is 4.43. The number of hydrogen-bond acceptors (Lipinski definition) is 7. The molecule has 1 fully saturated rings. The number of hydrogen-bond donors (Lipinski definition) is 0. The zero-order valence-electron chi connectivity index (χ0n) is 15.5. The molecular formula is C20H20FN5OS. The lowest BCUT2D eigenvalue weighted by molar-refractivity contribution is 0.297. The summed E-state index contributed by atoms with van der Waals surface area (Å²) >= 11 is 1.53. The van der Waals surface area contributed by atoms with Gasteiger partial charge in [0, 0.05) is 42.2 Å². The summed E-state index contributed by atoms with van der Waals surface area (Å²) in [5.74, 6) is 1.89. The van der Waals surface area contributed by atoms with Crippen LogP contribution in [0.1, 0.15) is 37.1 Å². The smallest absolute Gasteiger partial charge is 0.218 e. The Morgan fingerprint density at radius 2 is 2.14 bits per heavy atom. The summed E-state index contributed by atoms with van der Waals surface area (Å²) in [6.07, 6.45) is 5.00. The van der Waals surface area contributed by atoms with Gasteiger partial charge in [0.2, 0.25) is 5.95 Å². The summed E-state index contributed by atoms with van der Waals surface area (Å²) in [6, 6.07) is 3.19. The van der Waals surface area contributed by atoms with Crippen LogP contribution in [0.2, 0.25) is 0 Å². The van der Waals surface area contributed by atoms with Crippen molar-refractivity contribution in [3.63, 3.8) is 0 Å². The first-order valence-electron chi connectivity index (χ1n) is 9.49. The highest BCUT2D eigenvalue weighted by Crippen LogP contribution is 2.35. The highest BCUT2D eigenvalue weighted by atomic mass is 32.1. The molecule has 8 heteroatoms. The quantitative estimate of drug-likeness (QED) is 0.606. The monoisotopic (exact) mass is 397 g/mol. The van der Waals surface area contributed by atoms with E-state index < -0.39 is 5.95 Å². The van der Waals surface area contributed by atoms with Crippen molar-refractivity contribution in [1.29, 1.82) is 0 Å². The fraction of sp³-hybridized carbons (Fsp3) is 0.400. The van der Waals surface area contributed by atoms with Gasteiger partial charge in [-0.15, -0.1) is 11.3 Å². The fourth-order valence-electron chi connectivity index (χ4n) is 3.51. The van der Waals surface area contributed by atoms with Gasteiger partial charge in [-0.1, -0.05) is 0 Å². The molecule has 0 saturated heterocycles. The Morgan fingerprint density at radius 1 is 1.25 bits per heavy atom. The van der Waals surface area contributed by atoms with Crippen molar-refractivity contribution >= 4 is 17.2 Å². The summed E-state index contributed by atoms with van der Waals surface area (Å²) in [4.78, 5) is 19.7. The van der Waals surface area contributed by atoms with Crippen LogP contribution in [0.15, 0.2) is 29.2 Å². The zero-order valence-corrected chi connectivity index (χ0v) is 16.3. The molecular weight excluding hydrogens is 377 g/mol. The highest BCUT2D eigenvalue weighted by molar-refractivity contribution is 7.07. The maximum atomic E-state index is 14.1. The van der Waals surface area contributed by atoms with Gasteiger partial charge in [-0.2, -0.15) is 4.39 Å². The van der Waals surface area contributed by atoms with Crippen LogP contribution in [-0.2, 0) is 6.42 Å². The standard InChI is InChI=1S/C20H20FN5OS/c1-12-15-8-22-20(17-10-28-11-23-17)24-16(15)4-5-26(12)19-7-14(6-18(21)25-19)27-9-13-2-3-13/h6-8,10-13H,2-5,9H2,1H3. The molecule has 0 N–H and O–H groups in total. The van der Waals surface area contributed by atoms with Crippen molar-refractivity contribution in [1.82, 2.24) is 19.9 Å². The SMILES string of the molecule is CC1c2cnc(-c3cscn3)nc2CCN1c1cc(OCC2CC2)cc(F)n1. The molecule has 0 spiro atoms. The van der Waals surface area contributed by atoms with Crippen LogP contribution in [0.3, 0.4) is 0 Å². The van der Waals surface area contributed by atoms with Crippen LogP contribution in [0.5, 0.6) is 5.75 Å². The minimum Gasteiger partial charge on any atom is -0.493 e. The van der Waals surface area contributed by atoms with Crippen LogP contribution in [0, 0.1) is 11.9 Å². The number of fused-ring (bicyclic) bond motifs is 1. The topological polar surface area (TPSA) is 64.0 Å². The van der Waals surface area contributed by atoms with Crippen LogP contribution in [0.4, 0.5) is 10.2 Å². The van der Waals surface area contributed by atoms with Crippen molar-refractivity contribution in [3.8, 4) is 17.3 Å². The predicted octanol–water partition coefficient (Wildman–Crippen LogP) is 4.05. The summed E-state index contributed by atoms with van der Waals surface area (Å²) in [6.45, 7) is 3.43. The van der Waals surface area contributed by atoms with E-state index in [2.05, 4.69) is 26.8 Å². The average molecular weight is 397 g/mol. The molecule has 1 atom stereocenters. The molecule has 5 rings (SSSR count). The summed E-state index contributed by atoms with van der Waals surface area (Å²) in [7, 11) is 0. The van der Waals surface area contributed by atoms with E-state index in [1.165, 1.54) is 30.2 Å². The first-order chi connectivity index (χ1) is 13.7. The number of ether oxygens (including phenoxy) is 1. The fourth-order valence-corrected chi connectivity index (χ4v) is 4.04. The number of nitrogens with zero attached hydrogens (tertiary/aromatic N) is 5. The molecule has 28 heavy (non-hydrogen) atoms. The molecule has 144 valence electrons. The van der Waals surface area contributed by atoms with Crippen LogP contribution in [0.25, 0.3) is 11.5 Å². The van der Waals surface area contributed by atoms with Crippen molar-refractivity contribution in [2.45, 2.75) is 32.2 Å². The number of pyridine rings is 1. The highest BCUT2D eigenvalue weighted by Gasteiger charge is 2.28. The maximum absolute atomic E-state index is 14.1. The van der Waals surface area contributed by atoms with Crippen LogP contribution < -0.4 is 9.64 Å². The molecule has 0 bridgehead atoms. The summed E-state index contributed by atoms with van der Waals surface area (Å²) < 4.78 is 19.9. The van der Waals surface area contributed by atoms with Crippen molar-refractivity contribution in [2.24, 2.45) is 5.92 Å². The van der Waals surface area contributed by atoms with Crippen molar-refractivity contribution in [2.75, 3.05) is 18.1 Å². The van der Waals surface area contributed by atoms with Gasteiger partial charge < -0.3 is 9.64 Å². The number of thiazole rings is 1. The molecule has 3 aromatic rings. The van der Waals surface area contributed by atoms with E-state index in [1.54, 1.807) is 5.51 Å². The Balaban J connectivity index is 1.40. The third-order valence-corrected chi connectivity index (χ3v) is 5.89. The van der Waals surface area contributed by atoms with Gasteiger partial charge in [0.25, 0.3) is 0 Å². The second-order valence-corrected chi connectivity index (χ2v) is 8.05. The van der Waals surface area contributed by atoms with Gasteiger partial charge in [0.15, 0.2) is 5.82 Å². The Labute approximate surface area is 166 Å². The molecule has 6 nitrogen and oxygen atoms in total. The Hall–Kier alpha value is -2.61. The maximum Gasteiger partial charge on any atom is 0.218 e. The molecule has 1 aliphatic heterocycles. The third kappa shape index (κ3) is 3.44. The van der Waals surface area contributed by atoms with E-state index in [0.29, 0.717) is 36.5 Å². The molecule has 1 aliphatic carbocycles. The normalized spacial score (nSPS) is 18.8. The van der Waals surface area contributed by atoms with E-state index >= 15 is 0 Å². The summed E-state index contributed by atoms with van der Waals surface area (Å²) in [5, 5.41) is 1.94. The molecule has 1 unspecified atom stereocenters. The first kappa shape index (κ1) is 17.5. The molecule has 2 aliphatic rings. The first-order valence-corrected chi connectivity index (χ1v) is 10.4. The number of rotatable bonds is 5. The summed E-state index contributed by atoms with van der Waals surface area (Å²) in [5.41, 5.74) is 4.63. The minimum atomic E-state index is -0.517. The molecule has 4 heterocycles. The minimum absolute atomic E-state index is 0.00110. The lowest BCUT2D eigenvalue weighted by Crippen LogP contribution is -2.35. The van der Waals surface area contributed by atoms with E-state index in [9.17, 15) is 4.39 Å². The van der Waals surface area contributed by atoms with E-state index in [4.69, 9.17) is 9.72 Å². The number of halogens is 1. The molecule has 0 aromatic carbocycles. The average Bonchev–Trinajstić information content (AvgIpc) is 3.37. The van der Waals surface area contributed by atoms with Gasteiger partial charge in [0.05, 0.1) is 23.9 Å². The third-order valence-electron chi connectivity index (χ3n) is 5.30. The van der Waals surface area contributed by atoms with E-state index in [1.807, 2.05) is 17.6 Å². The predicted molar refractivity (Wildman–Crippen MR) is 105 cm³/mol. The number of anilines is 1. The molecule has 0 amide bonds. The van der Waals surface area contributed by atoms with Crippen LogP contribution >= 0.6 is 11.3 Å². The van der Waals surface area contributed by atoms with Gasteiger partial charge in [0.1, 0.15) is 17.3 Å². The van der Waals surface area contributed by atoms with Crippen molar-refractivity contribution in [3.05, 3.63) is 46.4 Å². The van der Waals surface area contributed by atoms with Gasteiger partial charge in [-0.05, 0) is 25.7 Å². The van der Waals surface area contributed by atoms with E-state index in [0.717, 1.165) is 23.4 Å². The second-order valence-electron chi connectivity index (χ2n) is 7.33. The Bertz CT molecular complexity index is 992. The lowest BCUT2D eigenvalue weighted by atomic mass is 9.99. The number of aromatic nitrogens is 4. The lowest BCUT2D eigenvalue weighted by Gasteiger charge is -2.35. The molecule has 3 aromatic heterocycles. The van der Waals surface area contributed by atoms with Gasteiger partial charge >= 0.3 is 0 Å². The van der Waals surface area contributed by atoms with Gasteiger partial charge in [-0.3, -0.25) is 0 Å². The molecule has 1 saturated carbocycles. The molecule has 0 radical (unpaired) electrons. The van der Waals surface area contributed by atoms with Crippen molar-refractivity contribution < 1.29 is 9.13 Å². The van der Waals surface area contributed by atoms with Gasteiger partial charge in [-0.25, -0.2) is 19.9 Å². The second kappa shape index (κ2) is 7.09. The Morgan fingerprint density at radius 3 is 2.93 bits per heavy atom. The largest absolute Gasteiger partial charge is 0.493 e. The van der Waals surface area contributed by atoms with Crippen LogP contribution in [-0.4, -0.2) is 33.1 Å². The zero-order chi connectivity index (χ0) is 19.1. The van der Waals surface area contributed by atoms with E-state index in [-0.39, 0.29) is 6.04 Å².